The Labute approximate surface area is 222 Å². The van der Waals surface area contributed by atoms with E-state index >= 15 is 0 Å². The van der Waals surface area contributed by atoms with Crippen LogP contribution < -0.4 is 15.4 Å². The van der Waals surface area contributed by atoms with Crippen LogP contribution >= 0.6 is 0 Å². The second-order valence-corrected chi connectivity index (χ2v) is 12.3. The number of benzene rings is 2. The van der Waals surface area contributed by atoms with E-state index in [2.05, 4.69) is 33.1 Å². The van der Waals surface area contributed by atoms with Crippen molar-refractivity contribution in [2.45, 2.75) is 49.6 Å². The van der Waals surface area contributed by atoms with E-state index in [0.29, 0.717) is 12.3 Å². The third kappa shape index (κ3) is 5.00. The van der Waals surface area contributed by atoms with Crippen molar-refractivity contribution in [3.05, 3.63) is 65.5 Å². The van der Waals surface area contributed by atoms with E-state index in [1.54, 1.807) is 28.9 Å². The number of rotatable bonds is 8. The maximum absolute atomic E-state index is 13.4. The fourth-order valence-corrected chi connectivity index (χ4v) is 6.71. The number of sulfonamides is 1. The van der Waals surface area contributed by atoms with E-state index in [1.165, 1.54) is 17.1 Å². The number of fused-ring (bicyclic) bond motifs is 1. The number of ether oxygens (including phenoxy) is 1. The average molecular weight is 537 g/mol. The lowest BCUT2D eigenvalue weighted by Gasteiger charge is -2.33. The first-order chi connectivity index (χ1) is 18.4. The smallest absolute Gasteiger partial charge is 0.243 e. The Hall–Kier alpha value is -3.44. The van der Waals surface area contributed by atoms with Crippen LogP contribution in [-0.4, -0.2) is 65.9 Å². The number of aromatic nitrogens is 3. The number of nitrogens with one attached hydrogen (secondary N) is 2. The minimum atomic E-state index is -3.85. The summed E-state index contributed by atoms with van der Waals surface area (Å²) in [5.74, 6) is 1.28. The zero-order valence-corrected chi connectivity index (χ0v) is 22.2. The summed E-state index contributed by atoms with van der Waals surface area (Å²) >= 11 is 0. The predicted molar refractivity (Wildman–Crippen MR) is 142 cm³/mol. The van der Waals surface area contributed by atoms with E-state index in [-0.39, 0.29) is 36.4 Å². The second kappa shape index (κ2) is 10.0. The lowest BCUT2D eigenvalue weighted by molar-refractivity contribution is -0.126. The number of hydrogen-bond donors (Lipinski definition) is 2. The van der Waals surface area contributed by atoms with Gasteiger partial charge in [-0.05, 0) is 43.9 Å². The van der Waals surface area contributed by atoms with Crippen molar-refractivity contribution in [1.82, 2.24) is 24.6 Å². The van der Waals surface area contributed by atoms with Gasteiger partial charge in [-0.25, -0.2) is 13.1 Å². The second-order valence-electron chi connectivity index (χ2n) is 10.4. The Morgan fingerprint density at radius 1 is 1.13 bits per heavy atom. The van der Waals surface area contributed by atoms with Gasteiger partial charge in [0, 0.05) is 56.0 Å². The van der Waals surface area contributed by atoms with E-state index in [0.717, 1.165) is 41.4 Å². The van der Waals surface area contributed by atoms with E-state index < -0.39 is 16.1 Å². The molecule has 2 unspecified atom stereocenters. The van der Waals surface area contributed by atoms with Gasteiger partial charge < -0.3 is 15.4 Å². The molecule has 0 radical (unpaired) electrons. The molecular formula is C27H32N6O4S. The molecule has 6 rings (SSSR count). The maximum atomic E-state index is 13.4. The van der Waals surface area contributed by atoms with Crippen LogP contribution in [0, 0.1) is 12.8 Å². The first-order valence-corrected chi connectivity index (χ1v) is 14.6. The van der Waals surface area contributed by atoms with Gasteiger partial charge in [-0.1, -0.05) is 29.0 Å². The van der Waals surface area contributed by atoms with Crippen molar-refractivity contribution in [2.75, 3.05) is 31.6 Å². The molecule has 11 heteroatoms. The van der Waals surface area contributed by atoms with Crippen LogP contribution in [0.4, 0.5) is 5.69 Å². The van der Waals surface area contributed by atoms with E-state index in [4.69, 9.17) is 4.74 Å². The summed E-state index contributed by atoms with van der Waals surface area (Å²) < 4.78 is 35.9. The first-order valence-electron chi connectivity index (χ1n) is 13.2. The third-order valence-electron chi connectivity index (χ3n) is 7.50. The SMILES string of the molecule is Cc1ccc(S(=O)(=O)N2CCNC(=O)C2Cc2cn(C3CCOc4cc(NCC5CC5)ccc43)nn2)cc1. The Balaban J connectivity index is 1.21. The largest absolute Gasteiger partial charge is 0.493 e. The third-order valence-corrected chi connectivity index (χ3v) is 9.42. The quantitative estimate of drug-likeness (QED) is 0.454. The monoisotopic (exact) mass is 536 g/mol. The Kier molecular flexibility index (Phi) is 6.56. The molecule has 1 amide bonds. The molecule has 2 fully saturated rings. The summed E-state index contributed by atoms with van der Waals surface area (Å²) in [5, 5.41) is 15.0. The van der Waals surface area contributed by atoms with Crippen LogP contribution in [-0.2, 0) is 21.2 Å². The number of amides is 1. The zero-order chi connectivity index (χ0) is 26.3. The van der Waals surface area contributed by atoms with Gasteiger partial charge in [0.15, 0.2) is 0 Å². The molecule has 0 spiro atoms. The van der Waals surface area contributed by atoms with Gasteiger partial charge in [0.05, 0.1) is 23.2 Å². The van der Waals surface area contributed by atoms with Crippen molar-refractivity contribution < 1.29 is 17.9 Å². The van der Waals surface area contributed by atoms with Crippen LogP contribution in [0.1, 0.15) is 42.1 Å². The van der Waals surface area contributed by atoms with Crippen molar-refractivity contribution in [3.8, 4) is 5.75 Å². The summed E-state index contributed by atoms with van der Waals surface area (Å²) in [7, 11) is -3.85. The fraction of sp³-hybridized carbons (Fsp3) is 0.444. The molecule has 1 aromatic heterocycles. The minimum Gasteiger partial charge on any atom is -0.493 e. The zero-order valence-electron chi connectivity index (χ0n) is 21.3. The molecule has 10 nitrogen and oxygen atoms in total. The van der Waals surface area contributed by atoms with Crippen molar-refractivity contribution in [2.24, 2.45) is 5.92 Å². The fourth-order valence-electron chi connectivity index (χ4n) is 5.12. The molecule has 3 aromatic rings. The highest BCUT2D eigenvalue weighted by Crippen LogP contribution is 2.37. The number of aryl methyl sites for hydroxylation is 1. The van der Waals surface area contributed by atoms with Crippen molar-refractivity contribution >= 4 is 21.6 Å². The predicted octanol–water partition coefficient (Wildman–Crippen LogP) is 2.51. The molecule has 1 saturated carbocycles. The van der Waals surface area contributed by atoms with Gasteiger partial charge in [-0.3, -0.25) is 4.79 Å². The van der Waals surface area contributed by atoms with Crippen molar-refractivity contribution in [3.63, 3.8) is 0 Å². The maximum Gasteiger partial charge on any atom is 0.243 e. The highest BCUT2D eigenvalue weighted by Gasteiger charge is 2.39. The van der Waals surface area contributed by atoms with Crippen molar-refractivity contribution in [1.29, 1.82) is 0 Å². The molecule has 2 atom stereocenters. The van der Waals surface area contributed by atoms with Crippen LogP contribution in [0.3, 0.4) is 0 Å². The Bertz CT molecular complexity index is 1430. The van der Waals surface area contributed by atoms with E-state index in [1.807, 2.05) is 19.2 Å². The van der Waals surface area contributed by atoms with Crippen LogP contribution in [0.2, 0.25) is 0 Å². The van der Waals surface area contributed by atoms with Crippen LogP contribution in [0.15, 0.2) is 53.6 Å². The first kappa shape index (κ1) is 24.9. The molecule has 1 saturated heterocycles. The normalized spacial score (nSPS) is 21.9. The number of anilines is 1. The Morgan fingerprint density at radius 3 is 2.74 bits per heavy atom. The number of nitrogens with zero attached hydrogens (tertiary/aromatic N) is 4. The standard InChI is InChI=1S/C27H32N6O4S/c1-18-2-7-22(8-3-18)38(35,36)33-12-11-28-27(34)25(33)14-21-17-32(31-30-21)24-10-13-37-26-15-20(6-9-23(24)26)29-16-19-4-5-19/h2-3,6-9,15,17,19,24-25,29H,4-5,10-14,16H2,1H3,(H,28,34). The molecule has 2 N–H and O–H groups in total. The number of carbonyl (C=O) groups excluding carboxylic acids is 1. The lowest BCUT2D eigenvalue weighted by Crippen LogP contribution is -2.57. The summed E-state index contributed by atoms with van der Waals surface area (Å²) in [6, 6.07) is 11.9. The van der Waals surface area contributed by atoms with Gasteiger partial charge in [0.1, 0.15) is 11.8 Å². The molecule has 38 heavy (non-hydrogen) atoms. The summed E-state index contributed by atoms with van der Waals surface area (Å²) in [4.78, 5) is 13.0. The van der Waals surface area contributed by atoms with E-state index in [9.17, 15) is 13.2 Å². The van der Waals surface area contributed by atoms with Gasteiger partial charge in [0.25, 0.3) is 0 Å². The molecule has 0 bridgehead atoms. The molecule has 2 aromatic carbocycles. The highest BCUT2D eigenvalue weighted by atomic mass is 32.2. The number of carbonyl (C=O) groups is 1. The van der Waals surface area contributed by atoms with Gasteiger partial charge in [-0.15, -0.1) is 5.10 Å². The number of hydrogen-bond acceptors (Lipinski definition) is 7. The summed E-state index contributed by atoms with van der Waals surface area (Å²) in [6.07, 6.45) is 5.28. The van der Waals surface area contributed by atoms with Gasteiger partial charge in [0.2, 0.25) is 15.9 Å². The summed E-state index contributed by atoms with van der Waals surface area (Å²) in [6.45, 7) is 3.92. The molecule has 3 aliphatic rings. The van der Waals surface area contributed by atoms with Gasteiger partial charge >= 0.3 is 0 Å². The average Bonchev–Trinajstić information content (AvgIpc) is 3.64. The molecule has 1 aliphatic carbocycles. The molecule has 2 aliphatic heterocycles. The lowest BCUT2D eigenvalue weighted by atomic mass is 10.00. The van der Waals surface area contributed by atoms with Gasteiger partial charge in [-0.2, -0.15) is 4.31 Å². The number of piperazine rings is 1. The molecule has 3 heterocycles. The summed E-state index contributed by atoms with van der Waals surface area (Å²) in [5.41, 5.74) is 3.61. The van der Waals surface area contributed by atoms with Crippen LogP contribution in [0.25, 0.3) is 0 Å². The van der Waals surface area contributed by atoms with Crippen LogP contribution in [0.5, 0.6) is 5.75 Å². The molecular weight excluding hydrogens is 504 g/mol. The highest BCUT2D eigenvalue weighted by molar-refractivity contribution is 7.89. The molecule has 200 valence electrons. The minimum absolute atomic E-state index is 0.0509. The Morgan fingerprint density at radius 2 is 1.95 bits per heavy atom. The topological polar surface area (TPSA) is 118 Å².